The fourth-order valence-electron chi connectivity index (χ4n) is 4.60. The topological polar surface area (TPSA) is 174 Å². The van der Waals surface area contributed by atoms with E-state index in [1.165, 1.54) is 0 Å². The second-order valence-corrected chi connectivity index (χ2v) is 9.28. The summed E-state index contributed by atoms with van der Waals surface area (Å²) in [7, 11) is 0. The molecular formula is C23H26ClN9O3. The van der Waals surface area contributed by atoms with Crippen molar-refractivity contribution in [2.24, 2.45) is 11.8 Å². The number of nitrogen functional groups attached to an aromatic ring is 1. The van der Waals surface area contributed by atoms with Crippen LogP contribution in [0.15, 0.2) is 41.8 Å². The molecule has 4 heterocycles. The number of hydrogen-bond acceptors (Lipinski definition) is 9. The van der Waals surface area contributed by atoms with Crippen LogP contribution in [0.3, 0.4) is 0 Å². The zero-order valence-electron chi connectivity index (χ0n) is 19.5. The number of allylic oxidation sites excluding steroid dienone is 2. The van der Waals surface area contributed by atoms with Crippen molar-refractivity contribution in [2.45, 2.75) is 31.8 Å². The highest BCUT2D eigenvalue weighted by molar-refractivity contribution is 6.33. The molecule has 0 amide bonds. The van der Waals surface area contributed by atoms with Gasteiger partial charge in [0.1, 0.15) is 11.3 Å². The quantitative estimate of drug-likeness (QED) is 0.235. The molecule has 0 radical (unpaired) electrons. The standard InChI is InChI=1S/C12H13ClN4O.C11H13N5O2/c1-7-15-11(13)10-12(16-7)17(6-14-10)9-3-2-8(4-9)5-18;12-11-14-9-8(10(18)15-11)13-5-16(9)7-2-1-6(3-7)4-17/h2-3,6,8-9,18H,4-5H2,1H3;1-2,5-7,17H,3-4H2,(H3,12,14,15,18)/t8-,9+;6-,7+/m11/s1. The zero-order valence-corrected chi connectivity index (χ0v) is 20.2. The number of aliphatic hydroxyl groups excluding tert-OH is 2. The highest BCUT2D eigenvalue weighted by Crippen LogP contribution is 2.31. The second-order valence-electron chi connectivity index (χ2n) is 8.92. The van der Waals surface area contributed by atoms with Crippen LogP contribution in [-0.4, -0.2) is 62.5 Å². The molecular weight excluding hydrogens is 486 g/mol. The predicted molar refractivity (Wildman–Crippen MR) is 134 cm³/mol. The SMILES string of the molecule is Cc1nc(Cl)c2ncn([C@H]3C=C[C@@H](CO)C3)c2n1.Nc1nc2c(ncn2[C@H]2C=C[C@@H](CO)C2)c(=O)[nH]1. The van der Waals surface area contributed by atoms with Gasteiger partial charge in [0.05, 0.1) is 24.7 Å². The molecule has 188 valence electrons. The Morgan fingerprint density at radius 2 is 1.50 bits per heavy atom. The average molecular weight is 512 g/mol. The van der Waals surface area contributed by atoms with Crippen molar-refractivity contribution in [3.8, 4) is 0 Å². The Kier molecular flexibility index (Phi) is 6.56. The maximum Gasteiger partial charge on any atom is 0.280 e. The zero-order chi connectivity index (χ0) is 25.4. The van der Waals surface area contributed by atoms with Gasteiger partial charge in [-0.3, -0.25) is 9.78 Å². The first-order valence-electron chi connectivity index (χ1n) is 11.5. The smallest absolute Gasteiger partial charge is 0.280 e. The van der Waals surface area contributed by atoms with Crippen LogP contribution >= 0.6 is 11.6 Å². The lowest BCUT2D eigenvalue weighted by Gasteiger charge is -2.12. The van der Waals surface area contributed by atoms with Gasteiger partial charge in [0.25, 0.3) is 5.56 Å². The van der Waals surface area contributed by atoms with E-state index in [0.29, 0.717) is 22.1 Å². The Hall–Kier alpha value is -3.61. The summed E-state index contributed by atoms with van der Waals surface area (Å²) in [5, 5.41) is 18.7. The number of imidazole rings is 2. The number of H-pyrrole nitrogens is 1. The third-order valence-electron chi connectivity index (χ3n) is 6.42. The van der Waals surface area contributed by atoms with E-state index < -0.39 is 0 Å². The number of halogens is 1. The van der Waals surface area contributed by atoms with E-state index in [0.717, 1.165) is 18.5 Å². The third kappa shape index (κ3) is 4.50. The number of anilines is 1. The number of hydrogen-bond donors (Lipinski definition) is 4. The van der Waals surface area contributed by atoms with Gasteiger partial charge in [0, 0.05) is 25.0 Å². The number of aromatic nitrogens is 8. The van der Waals surface area contributed by atoms with Crippen LogP contribution in [0.1, 0.15) is 30.7 Å². The molecule has 0 fully saturated rings. The largest absolute Gasteiger partial charge is 0.396 e. The van der Waals surface area contributed by atoms with Gasteiger partial charge in [-0.25, -0.2) is 19.9 Å². The minimum Gasteiger partial charge on any atom is -0.396 e. The Morgan fingerprint density at radius 3 is 2.06 bits per heavy atom. The maximum atomic E-state index is 11.6. The van der Waals surface area contributed by atoms with Crippen molar-refractivity contribution >= 4 is 39.9 Å². The number of aliphatic hydroxyl groups is 2. The van der Waals surface area contributed by atoms with E-state index in [-0.39, 0.29) is 54.2 Å². The van der Waals surface area contributed by atoms with Gasteiger partial charge in [0.15, 0.2) is 22.0 Å². The molecule has 5 N–H and O–H groups in total. The number of aromatic amines is 1. The molecule has 0 unspecified atom stereocenters. The van der Waals surface area contributed by atoms with E-state index in [9.17, 15) is 4.79 Å². The number of nitrogens with two attached hydrogens (primary N) is 1. The normalized spacial score (nSPS) is 23.0. The van der Waals surface area contributed by atoms with Crippen LogP contribution in [0, 0.1) is 18.8 Å². The van der Waals surface area contributed by atoms with Gasteiger partial charge in [-0.2, -0.15) is 4.98 Å². The second kappa shape index (κ2) is 9.80. The molecule has 13 heteroatoms. The fraction of sp³-hybridized carbons (Fsp3) is 0.391. The molecule has 2 aliphatic rings. The predicted octanol–water partition coefficient (Wildman–Crippen LogP) is 1.71. The van der Waals surface area contributed by atoms with Crippen LogP contribution in [0.4, 0.5) is 5.95 Å². The van der Waals surface area contributed by atoms with Crippen LogP contribution in [0.25, 0.3) is 22.3 Å². The molecule has 0 aromatic carbocycles. The van der Waals surface area contributed by atoms with Crippen molar-refractivity contribution in [2.75, 3.05) is 18.9 Å². The number of nitrogens with one attached hydrogen (secondary N) is 1. The van der Waals surface area contributed by atoms with Crippen molar-refractivity contribution in [3.05, 3.63) is 58.3 Å². The summed E-state index contributed by atoms with van der Waals surface area (Å²) < 4.78 is 3.80. The first-order valence-corrected chi connectivity index (χ1v) is 11.9. The van der Waals surface area contributed by atoms with E-state index in [1.807, 2.05) is 34.3 Å². The molecule has 4 atom stereocenters. The minimum absolute atomic E-state index is 0.0563. The van der Waals surface area contributed by atoms with E-state index in [1.54, 1.807) is 12.7 Å². The summed E-state index contributed by atoms with van der Waals surface area (Å²) >= 11 is 6.05. The van der Waals surface area contributed by atoms with Gasteiger partial charge in [0.2, 0.25) is 5.95 Å². The van der Waals surface area contributed by atoms with Gasteiger partial charge in [-0.1, -0.05) is 35.9 Å². The maximum absolute atomic E-state index is 11.6. The fourth-order valence-corrected chi connectivity index (χ4v) is 4.86. The lowest BCUT2D eigenvalue weighted by Crippen LogP contribution is -2.13. The summed E-state index contributed by atoms with van der Waals surface area (Å²) in [6.45, 7) is 2.11. The molecule has 4 aromatic rings. The lowest BCUT2D eigenvalue weighted by atomic mass is 10.1. The molecule has 6 rings (SSSR count). The highest BCUT2D eigenvalue weighted by atomic mass is 35.5. The molecule has 0 aliphatic heterocycles. The van der Waals surface area contributed by atoms with Crippen LogP contribution in [0.5, 0.6) is 0 Å². The Morgan fingerprint density at radius 1 is 0.944 bits per heavy atom. The van der Waals surface area contributed by atoms with Crippen molar-refractivity contribution in [1.82, 2.24) is 39.0 Å². The summed E-state index contributed by atoms with van der Waals surface area (Å²) in [6.07, 6.45) is 13.0. The molecule has 12 nitrogen and oxygen atoms in total. The summed E-state index contributed by atoms with van der Waals surface area (Å²) in [6, 6.07) is 0.235. The molecule has 4 aromatic heterocycles. The van der Waals surface area contributed by atoms with Crippen molar-refractivity contribution in [1.29, 1.82) is 0 Å². The molecule has 0 spiro atoms. The Balaban J connectivity index is 0.000000148. The highest BCUT2D eigenvalue weighted by Gasteiger charge is 2.23. The van der Waals surface area contributed by atoms with Crippen LogP contribution in [-0.2, 0) is 0 Å². The molecule has 0 bridgehead atoms. The van der Waals surface area contributed by atoms with E-state index in [2.05, 4.69) is 36.0 Å². The summed E-state index contributed by atoms with van der Waals surface area (Å²) in [5.41, 5.74) is 7.34. The Bertz CT molecular complexity index is 1520. The van der Waals surface area contributed by atoms with E-state index >= 15 is 0 Å². The van der Waals surface area contributed by atoms with Crippen LogP contribution in [0.2, 0.25) is 5.15 Å². The number of nitrogens with zero attached hydrogens (tertiary/aromatic N) is 7. The molecule has 2 aliphatic carbocycles. The molecule has 0 saturated carbocycles. The number of fused-ring (bicyclic) bond motifs is 2. The van der Waals surface area contributed by atoms with Crippen LogP contribution < -0.4 is 11.3 Å². The van der Waals surface area contributed by atoms with Crippen molar-refractivity contribution < 1.29 is 10.2 Å². The summed E-state index contributed by atoms with van der Waals surface area (Å²) in [4.78, 5) is 35.0. The molecule has 0 saturated heterocycles. The third-order valence-corrected chi connectivity index (χ3v) is 6.69. The number of aryl methyl sites for hydroxylation is 1. The average Bonchev–Trinajstić information content (AvgIpc) is 3.63. The monoisotopic (exact) mass is 511 g/mol. The molecule has 36 heavy (non-hydrogen) atoms. The van der Waals surface area contributed by atoms with Gasteiger partial charge >= 0.3 is 0 Å². The van der Waals surface area contributed by atoms with Gasteiger partial charge in [-0.05, 0) is 19.8 Å². The Labute approximate surface area is 210 Å². The van der Waals surface area contributed by atoms with E-state index in [4.69, 9.17) is 27.5 Å². The summed E-state index contributed by atoms with van der Waals surface area (Å²) in [5.74, 6) is 1.07. The first kappa shape index (κ1) is 24.1. The van der Waals surface area contributed by atoms with Crippen molar-refractivity contribution in [3.63, 3.8) is 0 Å². The van der Waals surface area contributed by atoms with Gasteiger partial charge < -0.3 is 25.1 Å². The first-order chi connectivity index (χ1) is 17.4. The minimum atomic E-state index is -0.336. The number of rotatable bonds is 4. The lowest BCUT2D eigenvalue weighted by molar-refractivity contribution is 0.244. The van der Waals surface area contributed by atoms with Gasteiger partial charge in [-0.15, -0.1) is 0 Å².